The van der Waals surface area contributed by atoms with Crippen LogP contribution in [-0.2, 0) is 10.0 Å². The molecule has 0 aliphatic carbocycles. The Hall–Kier alpha value is -2.95. The summed E-state index contributed by atoms with van der Waals surface area (Å²) in [5.41, 5.74) is 5.21. The molecule has 0 unspecified atom stereocenters. The summed E-state index contributed by atoms with van der Waals surface area (Å²) >= 11 is 1.40. The molecule has 1 aliphatic heterocycles. The Kier molecular flexibility index (Phi) is 6.96. The highest BCUT2D eigenvalue weighted by Gasteiger charge is 2.27. The monoisotopic (exact) mass is 486 g/mol. The normalized spacial score (nSPS) is 15.7. The number of anilines is 1. The second-order valence-electron chi connectivity index (χ2n) is 7.95. The smallest absolute Gasteiger partial charge is 0.243 e. The molecule has 1 aliphatic rings. The summed E-state index contributed by atoms with van der Waals surface area (Å²) in [4.78, 5) is 4.83. The van der Waals surface area contributed by atoms with Crippen molar-refractivity contribution in [2.24, 2.45) is 11.0 Å². The quantitative estimate of drug-likeness (QED) is 0.379. The van der Waals surface area contributed by atoms with Crippen molar-refractivity contribution in [3.8, 4) is 22.8 Å². The van der Waals surface area contributed by atoms with Gasteiger partial charge in [0.25, 0.3) is 0 Å². The van der Waals surface area contributed by atoms with E-state index in [2.05, 4.69) is 22.4 Å². The molecule has 2 aromatic carbocycles. The Labute approximate surface area is 197 Å². The molecule has 10 heteroatoms. The number of sulfonamides is 1. The summed E-state index contributed by atoms with van der Waals surface area (Å²) in [7, 11) is -1.98. The van der Waals surface area contributed by atoms with Crippen LogP contribution >= 0.6 is 11.3 Å². The van der Waals surface area contributed by atoms with Crippen molar-refractivity contribution in [2.45, 2.75) is 24.7 Å². The van der Waals surface area contributed by atoms with Gasteiger partial charge in [0.2, 0.25) is 15.2 Å². The first-order valence-corrected chi connectivity index (χ1v) is 12.9. The highest BCUT2D eigenvalue weighted by Crippen LogP contribution is 2.28. The van der Waals surface area contributed by atoms with Gasteiger partial charge in [0, 0.05) is 24.0 Å². The van der Waals surface area contributed by atoms with Gasteiger partial charge in [-0.15, -0.1) is 11.3 Å². The summed E-state index contributed by atoms with van der Waals surface area (Å²) in [5.74, 6) is 1.01. The second kappa shape index (κ2) is 9.90. The lowest BCUT2D eigenvalue weighted by atomic mass is 10.0. The lowest BCUT2D eigenvalue weighted by Gasteiger charge is -2.29. The molecule has 4 rings (SSSR count). The number of nitrogens with one attached hydrogen (secondary N) is 1. The Morgan fingerprint density at radius 2 is 1.94 bits per heavy atom. The van der Waals surface area contributed by atoms with E-state index in [0.717, 1.165) is 29.7 Å². The van der Waals surface area contributed by atoms with Crippen LogP contribution in [0.2, 0.25) is 0 Å². The molecule has 0 spiro atoms. The summed E-state index contributed by atoms with van der Waals surface area (Å²) in [6, 6.07) is 11.8. The third kappa shape index (κ3) is 5.35. The number of benzene rings is 2. The van der Waals surface area contributed by atoms with Crippen molar-refractivity contribution in [3.05, 3.63) is 53.4 Å². The summed E-state index contributed by atoms with van der Waals surface area (Å²) in [6.07, 6.45) is 3.40. The first-order chi connectivity index (χ1) is 15.9. The molecular weight excluding hydrogens is 460 g/mol. The number of phenols is 1. The Morgan fingerprint density at radius 3 is 2.64 bits per heavy atom. The minimum atomic E-state index is -3.47. The van der Waals surface area contributed by atoms with Gasteiger partial charge in [0.15, 0.2) is 11.5 Å². The molecule has 0 saturated carbocycles. The minimum absolute atomic E-state index is 0.0662. The second-order valence-corrected chi connectivity index (χ2v) is 10.7. The number of aromatic hydroxyl groups is 1. The van der Waals surface area contributed by atoms with E-state index in [9.17, 15) is 13.5 Å². The third-order valence-corrected chi connectivity index (χ3v) is 8.27. The predicted molar refractivity (Wildman–Crippen MR) is 131 cm³/mol. The average molecular weight is 487 g/mol. The Morgan fingerprint density at radius 1 is 1.21 bits per heavy atom. The molecule has 0 atom stereocenters. The number of aromatic nitrogens is 1. The molecule has 3 aromatic rings. The van der Waals surface area contributed by atoms with Crippen LogP contribution in [-0.4, -0.2) is 49.2 Å². The highest BCUT2D eigenvalue weighted by molar-refractivity contribution is 7.89. The van der Waals surface area contributed by atoms with Crippen molar-refractivity contribution in [1.29, 1.82) is 0 Å². The third-order valence-electron chi connectivity index (χ3n) is 5.61. The number of hydrogen-bond acceptors (Lipinski definition) is 8. The number of phenolic OH excluding ortho intramolecular Hbond substituents is 1. The van der Waals surface area contributed by atoms with Gasteiger partial charge in [-0.3, -0.25) is 5.43 Å². The van der Waals surface area contributed by atoms with E-state index in [-0.39, 0.29) is 5.75 Å². The van der Waals surface area contributed by atoms with Crippen LogP contribution in [0.15, 0.2) is 57.8 Å². The Bertz CT molecular complexity index is 1230. The van der Waals surface area contributed by atoms with E-state index in [1.54, 1.807) is 46.9 Å². The number of thiazole rings is 1. The molecule has 8 nitrogen and oxygen atoms in total. The zero-order valence-corrected chi connectivity index (χ0v) is 20.1. The largest absolute Gasteiger partial charge is 0.504 e. The van der Waals surface area contributed by atoms with E-state index in [4.69, 9.17) is 4.74 Å². The fraction of sp³-hybridized carbons (Fsp3) is 0.304. The number of methoxy groups -OCH3 is 1. The lowest BCUT2D eigenvalue weighted by molar-refractivity contribution is 0.288. The first-order valence-electron chi connectivity index (χ1n) is 10.6. The van der Waals surface area contributed by atoms with Gasteiger partial charge in [0.1, 0.15) is 0 Å². The van der Waals surface area contributed by atoms with E-state index in [1.165, 1.54) is 24.5 Å². The minimum Gasteiger partial charge on any atom is -0.504 e. The van der Waals surface area contributed by atoms with Gasteiger partial charge >= 0.3 is 0 Å². The average Bonchev–Trinajstić information content (AvgIpc) is 3.29. The van der Waals surface area contributed by atoms with Gasteiger partial charge in [-0.05, 0) is 54.7 Å². The maximum Gasteiger partial charge on any atom is 0.243 e. The van der Waals surface area contributed by atoms with E-state index >= 15 is 0 Å². The van der Waals surface area contributed by atoms with Crippen LogP contribution in [0.3, 0.4) is 0 Å². The number of piperidine rings is 1. The first kappa shape index (κ1) is 23.2. The number of ether oxygens (including phenoxy) is 1. The van der Waals surface area contributed by atoms with Crippen LogP contribution in [0.1, 0.15) is 25.3 Å². The van der Waals surface area contributed by atoms with Crippen molar-refractivity contribution >= 4 is 32.7 Å². The summed E-state index contributed by atoms with van der Waals surface area (Å²) < 4.78 is 32.5. The molecule has 1 fully saturated rings. The zero-order chi connectivity index (χ0) is 23.4. The molecule has 2 N–H and O–H groups in total. The van der Waals surface area contributed by atoms with Crippen molar-refractivity contribution in [3.63, 3.8) is 0 Å². The molecule has 1 saturated heterocycles. The number of hydrogen-bond donors (Lipinski definition) is 2. The summed E-state index contributed by atoms with van der Waals surface area (Å²) in [6.45, 7) is 3.30. The van der Waals surface area contributed by atoms with Crippen LogP contribution in [0.4, 0.5) is 5.13 Å². The zero-order valence-electron chi connectivity index (χ0n) is 18.4. The molecule has 1 aromatic heterocycles. The van der Waals surface area contributed by atoms with Crippen LogP contribution in [0.5, 0.6) is 11.5 Å². The van der Waals surface area contributed by atoms with Gasteiger partial charge in [-0.1, -0.05) is 19.1 Å². The SMILES string of the molecule is COc1cc(C=NNc2nc(-c3ccc(S(=O)(=O)N4CCC(C)CC4)cc3)cs2)ccc1O. The lowest BCUT2D eigenvalue weighted by Crippen LogP contribution is -2.37. The Balaban J connectivity index is 1.41. The number of nitrogens with zero attached hydrogens (tertiary/aromatic N) is 3. The number of hydrazone groups is 1. The maximum atomic E-state index is 12.9. The standard InChI is InChI=1S/C23H26N4O4S2/c1-16-9-11-27(12-10-16)33(29,30)19-6-4-18(5-7-19)20-15-32-23(25-20)26-24-14-17-3-8-21(28)22(13-17)31-2/h3-8,13-16,28H,9-12H2,1-2H3,(H,25,26). The van der Waals surface area contributed by atoms with Crippen molar-refractivity contribution in [1.82, 2.24) is 9.29 Å². The predicted octanol–water partition coefficient (Wildman–Crippen LogP) is 4.39. The van der Waals surface area contributed by atoms with Crippen LogP contribution in [0, 0.1) is 5.92 Å². The topological polar surface area (TPSA) is 104 Å². The van der Waals surface area contributed by atoms with Gasteiger partial charge < -0.3 is 9.84 Å². The fourth-order valence-corrected chi connectivity index (χ4v) is 5.70. The summed E-state index contributed by atoms with van der Waals surface area (Å²) in [5, 5.41) is 16.3. The van der Waals surface area contributed by atoms with Crippen LogP contribution in [0.25, 0.3) is 11.3 Å². The van der Waals surface area contributed by atoms with Crippen molar-refractivity contribution in [2.75, 3.05) is 25.6 Å². The maximum absolute atomic E-state index is 12.9. The molecular formula is C23H26N4O4S2. The van der Waals surface area contributed by atoms with Gasteiger partial charge in [0.05, 0.1) is 23.9 Å². The molecule has 0 amide bonds. The molecule has 33 heavy (non-hydrogen) atoms. The highest BCUT2D eigenvalue weighted by atomic mass is 32.2. The van der Waals surface area contributed by atoms with E-state index < -0.39 is 10.0 Å². The molecule has 0 radical (unpaired) electrons. The number of rotatable bonds is 7. The van der Waals surface area contributed by atoms with E-state index in [0.29, 0.717) is 34.8 Å². The van der Waals surface area contributed by atoms with Gasteiger partial charge in [-0.25, -0.2) is 13.4 Å². The van der Waals surface area contributed by atoms with E-state index in [1.807, 2.05) is 5.38 Å². The van der Waals surface area contributed by atoms with Crippen molar-refractivity contribution < 1.29 is 18.3 Å². The molecule has 174 valence electrons. The molecule has 2 heterocycles. The molecule has 0 bridgehead atoms. The van der Waals surface area contributed by atoms with Gasteiger partial charge in [-0.2, -0.15) is 9.41 Å². The van der Waals surface area contributed by atoms with Crippen LogP contribution < -0.4 is 10.2 Å². The fourth-order valence-electron chi connectivity index (χ4n) is 3.57.